The summed E-state index contributed by atoms with van der Waals surface area (Å²) in [5.41, 5.74) is 5.89. The smallest absolute Gasteiger partial charge is 0.267 e. The van der Waals surface area contributed by atoms with Gasteiger partial charge in [-0.2, -0.15) is 10.2 Å². The summed E-state index contributed by atoms with van der Waals surface area (Å²) in [7, 11) is 0. The zero-order valence-corrected chi connectivity index (χ0v) is 16.3. The topological polar surface area (TPSA) is 102 Å². The minimum Gasteiger partial charge on any atom is -0.267 e. The van der Waals surface area contributed by atoms with E-state index in [0.29, 0.717) is 0 Å². The minimum atomic E-state index is -0.519. The van der Waals surface area contributed by atoms with Crippen molar-refractivity contribution in [2.45, 2.75) is 0 Å². The number of carbonyl (C=O) groups is 1. The number of amides is 1. The van der Waals surface area contributed by atoms with E-state index in [0.717, 1.165) is 22.5 Å². The van der Waals surface area contributed by atoms with E-state index < -0.39 is 10.8 Å². The zero-order chi connectivity index (χ0) is 21.6. The Kier molecular flexibility index (Phi) is 5.62. The Hall–Kier alpha value is -4.59. The van der Waals surface area contributed by atoms with E-state index in [4.69, 9.17) is 0 Å². The van der Waals surface area contributed by atoms with Crippen molar-refractivity contribution in [2.75, 3.05) is 0 Å². The molecular formula is C23H17N5O3. The Morgan fingerprint density at radius 3 is 2.26 bits per heavy atom. The second-order valence-corrected chi connectivity index (χ2v) is 6.58. The van der Waals surface area contributed by atoms with Gasteiger partial charge in [-0.05, 0) is 24.3 Å². The normalized spacial score (nSPS) is 10.8. The molecule has 0 aliphatic rings. The Bertz CT molecular complexity index is 1230. The maximum Gasteiger partial charge on any atom is 0.271 e. The van der Waals surface area contributed by atoms with Crippen LogP contribution < -0.4 is 5.43 Å². The molecule has 0 radical (unpaired) electrons. The van der Waals surface area contributed by atoms with Gasteiger partial charge in [-0.15, -0.1) is 0 Å². The molecule has 0 saturated heterocycles. The lowest BCUT2D eigenvalue weighted by Crippen LogP contribution is -2.17. The third-order valence-electron chi connectivity index (χ3n) is 4.52. The van der Waals surface area contributed by atoms with Gasteiger partial charge in [-0.3, -0.25) is 14.9 Å². The molecule has 0 atom stereocenters. The number of nitro benzene ring substituents is 1. The largest absolute Gasteiger partial charge is 0.271 e. The highest BCUT2D eigenvalue weighted by molar-refractivity contribution is 5.95. The molecule has 1 N–H and O–H groups in total. The summed E-state index contributed by atoms with van der Waals surface area (Å²) in [6.45, 7) is 0. The fourth-order valence-corrected chi connectivity index (χ4v) is 2.97. The highest BCUT2D eigenvalue weighted by Crippen LogP contribution is 2.22. The monoisotopic (exact) mass is 411 g/mol. The maximum atomic E-state index is 12.3. The second-order valence-electron chi connectivity index (χ2n) is 6.58. The molecule has 31 heavy (non-hydrogen) atoms. The van der Waals surface area contributed by atoms with Gasteiger partial charge in [0.05, 0.1) is 16.8 Å². The van der Waals surface area contributed by atoms with Crippen molar-refractivity contribution >= 4 is 17.8 Å². The number of para-hydroxylation sites is 1. The summed E-state index contributed by atoms with van der Waals surface area (Å²) in [6.07, 6.45) is 3.36. The van der Waals surface area contributed by atoms with Crippen molar-refractivity contribution in [1.82, 2.24) is 15.2 Å². The highest BCUT2D eigenvalue weighted by Gasteiger charge is 2.12. The van der Waals surface area contributed by atoms with Crippen LogP contribution in [0.25, 0.3) is 16.9 Å². The van der Waals surface area contributed by atoms with E-state index in [-0.39, 0.29) is 11.3 Å². The summed E-state index contributed by atoms with van der Waals surface area (Å²) in [5.74, 6) is -0.470. The van der Waals surface area contributed by atoms with Crippen molar-refractivity contribution in [3.63, 3.8) is 0 Å². The third kappa shape index (κ3) is 4.54. The Balaban J connectivity index is 1.58. The van der Waals surface area contributed by atoms with Gasteiger partial charge in [0.15, 0.2) is 0 Å². The van der Waals surface area contributed by atoms with Crippen LogP contribution in [0.2, 0.25) is 0 Å². The first-order valence-corrected chi connectivity index (χ1v) is 9.40. The fourth-order valence-electron chi connectivity index (χ4n) is 2.97. The standard InChI is InChI=1S/C23H17N5O3/c29-23(18-11-13-21(14-12-18)28(30)31)25-24-15-19-16-27(20-9-5-2-6-10-20)26-22(19)17-7-3-1-4-8-17/h1-16H,(H,25,29)/b24-15-. The SMILES string of the molecule is O=C(N/N=C\c1cn(-c2ccccc2)nc1-c1ccccc1)c1ccc([N+](=O)[O-])cc1. The molecule has 4 aromatic rings. The summed E-state index contributed by atoms with van der Waals surface area (Å²) in [6, 6.07) is 24.7. The van der Waals surface area contributed by atoms with Crippen molar-refractivity contribution in [3.8, 4) is 16.9 Å². The number of aromatic nitrogens is 2. The van der Waals surface area contributed by atoms with E-state index in [1.807, 2.05) is 66.9 Å². The van der Waals surface area contributed by atoms with Crippen LogP contribution in [0.3, 0.4) is 0 Å². The van der Waals surface area contributed by atoms with Crippen molar-refractivity contribution in [1.29, 1.82) is 0 Å². The molecule has 0 aliphatic heterocycles. The first-order chi connectivity index (χ1) is 15.1. The average Bonchev–Trinajstić information content (AvgIpc) is 3.24. The summed E-state index contributed by atoms with van der Waals surface area (Å²) >= 11 is 0. The van der Waals surface area contributed by atoms with Gasteiger partial charge in [-0.1, -0.05) is 48.5 Å². The predicted octanol–water partition coefficient (Wildman–Crippen LogP) is 4.21. The van der Waals surface area contributed by atoms with E-state index in [1.165, 1.54) is 30.5 Å². The molecule has 0 bridgehead atoms. The molecule has 1 heterocycles. The van der Waals surface area contributed by atoms with E-state index >= 15 is 0 Å². The number of nitrogens with one attached hydrogen (secondary N) is 1. The summed E-state index contributed by atoms with van der Waals surface area (Å²) in [5, 5.41) is 19.5. The predicted molar refractivity (Wildman–Crippen MR) is 117 cm³/mol. The van der Waals surface area contributed by atoms with Crippen LogP contribution in [-0.2, 0) is 0 Å². The van der Waals surface area contributed by atoms with Gasteiger partial charge in [0.2, 0.25) is 0 Å². The van der Waals surface area contributed by atoms with E-state index in [1.54, 1.807) is 4.68 Å². The first kappa shape index (κ1) is 19.7. The molecule has 0 unspecified atom stereocenters. The van der Waals surface area contributed by atoms with Crippen LogP contribution in [0, 0.1) is 10.1 Å². The van der Waals surface area contributed by atoms with Crippen LogP contribution in [-0.4, -0.2) is 26.8 Å². The van der Waals surface area contributed by atoms with Crippen LogP contribution >= 0.6 is 0 Å². The van der Waals surface area contributed by atoms with Crippen LogP contribution in [0.15, 0.2) is 96.2 Å². The Morgan fingerprint density at radius 1 is 0.968 bits per heavy atom. The van der Waals surface area contributed by atoms with Crippen LogP contribution in [0.5, 0.6) is 0 Å². The molecule has 1 amide bonds. The van der Waals surface area contributed by atoms with Gasteiger partial charge < -0.3 is 0 Å². The van der Waals surface area contributed by atoms with Crippen molar-refractivity contribution in [3.05, 3.63) is 112 Å². The molecular weight excluding hydrogens is 394 g/mol. The molecule has 0 saturated carbocycles. The van der Waals surface area contributed by atoms with Gasteiger partial charge in [0.1, 0.15) is 5.69 Å². The number of hydrogen-bond donors (Lipinski definition) is 1. The lowest BCUT2D eigenvalue weighted by Gasteiger charge is -2.00. The lowest BCUT2D eigenvalue weighted by molar-refractivity contribution is -0.384. The van der Waals surface area contributed by atoms with E-state index in [2.05, 4.69) is 15.6 Å². The number of nitrogens with zero attached hydrogens (tertiary/aromatic N) is 4. The third-order valence-corrected chi connectivity index (χ3v) is 4.52. The second kappa shape index (κ2) is 8.83. The summed E-state index contributed by atoms with van der Waals surface area (Å²) in [4.78, 5) is 22.5. The lowest BCUT2D eigenvalue weighted by atomic mass is 10.1. The number of carbonyl (C=O) groups excluding carboxylic acids is 1. The van der Waals surface area contributed by atoms with Crippen LogP contribution in [0.1, 0.15) is 15.9 Å². The van der Waals surface area contributed by atoms with E-state index in [9.17, 15) is 14.9 Å². The Labute approximate surface area is 177 Å². The van der Waals surface area contributed by atoms with Gasteiger partial charge in [-0.25, -0.2) is 10.1 Å². The molecule has 4 rings (SSSR count). The zero-order valence-electron chi connectivity index (χ0n) is 16.3. The number of hydrazone groups is 1. The quantitative estimate of drug-likeness (QED) is 0.292. The number of rotatable bonds is 6. The number of hydrogen-bond acceptors (Lipinski definition) is 5. The number of nitro groups is 1. The fraction of sp³-hybridized carbons (Fsp3) is 0. The first-order valence-electron chi connectivity index (χ1n) is 9.40. The molecule has 1 aromatic heterocycles. The Morgan fingerprint density at radius 2 is 1.61 bits per heavy atom. The number of benzene rings is 3. The van der Waals surface area contributed by atoms with Crippen molar-refractivity contribution < 1.29 is 9.72 Å². The van der Waals surface area contributed by atoms with Gasteiger partial charge in [0.25, 0.3) is 11.6 Å². The summed E-state index contributed by atoms with van der Waals surface area (Å²) < 4.78 is 1.75. The van der Waals surface area contributed by atoms with Crippen LogP contribution in [0.4, 0.5) is 5.69 Å². The number of non-ortho nitro benzene ring substituents is 1. The molecule has 0 fully saturated rings. The molecule has 152 valence electrons. The van der Waals surface area contributed by atoms with Gasteiger partial charge in [0, 0.05) is 35.0 Å². The molecule has 0 spiro atoms. The highest BCUT2D eigenvalue weighted by atomic mass is 16.6. The van der Waals surface area contributed by atoms with Crippen molar-refractivity contribution in [2.24, 2.45) is 5.10 Å². The minimum absolute atomic E-state index is 0.0825. The molecule has 0 aliphatic carbocycles. The maximum absolute atomic E-state index is 12.3. The molecule has 3 aromatic carbocycles. The van der Waals surface area contributed by atoms with Gasteiger partial charge >= 0.3 is 0 Å². The molecule has 8 nitrogen and oxygen atoms in total. The molecule has 8 heteroatoms. The average molecular weight is 411 g/mol.